The number of non-ortho nitro benzene ring substituents is 1. The molecule has 0 saturated heterocycles. The lowest BCUT2D eigenvalue weighted by atomic mass is 9.80. The van der Waals surface area contributed by atoms with Gasteiger partial charge >= 0.3 is 17.9 Å². The number of benzene rings is 6. The van der Waals surface area contributed by atoms with Crippen LogP contribution in [0, 0.1) is 49.5 Å². The number of azo groups is 1. The molecule has 0 aliphatic carbocycles. The van der Waals surface area contributed by atoms with Crippen molar-refractivity contribution < 1.29 is 33.5 Å². The predicted octanol–water partition coefficient (Wildman–Crippen LogP) is 10.7. The maximum Gasteiger partial charge on any atom is 0.326 e. The van der Waals surface area contributed by atoms with Gasteiger partial charge in [0.05, 0.1) is 52.2 Å². The summed E-state index contributed by atoms with van der Waals surface area (Å²) >= 11 is 0. The highest BCUT2D eigenvalue weighted by molar-refractivity contribution is 5.83. The number of nitriles is 3. The molecule has 6 aromatic carbocycles. The zero-order chi connectivity index (χ0) is 46.9. The lowest BCUT2D eigenvalue weighted by Crippen LogP contribution is -2.36. The first-order valence-corrected chi connectivity index (χ1v) is 20.7. The molecular weight excluding hydrogens is 839 g/mol. The Labute approximate surface area is 380 Å². The van der Waals surface area contributed by atoms with Crippen LogP contribution in [0.5, 0.6) is 11.5 Å². The predicted molar refractivity (Wildman–Crippen MR) is 244 cm³/mol. The maximum atomic E-state index is 13.9. The fraction of sp³-hybridized carbons (Fsp3) is 0.176. The van der Waals surface area contributed by atoms with E-state index in [0.717, 1.165) is 27.9 Å². The number of hydrogen-bond acceptors (Lipinski definition) is 14. The van der Waals surface area contributed by atoms with E-state index in [1.165, 1.54) is 24.3 Å². The second kappa shape index (κ2) is 22.4. The summed E-state index contributed by atoms with van der Waals surface area (Å²) in [7, 11) is 0. The Bertz CT molecular complexity index is 2690. The van der Waals surface area contributed by atoms with Gasteiger partial charge in [0.25, 0.3) is 5.69 Å². The lowest BCUT2D eigenvalue weighted by Gasteiger charge is -2.26. The number of rotatable bonds is 19. The molecule has 0 amide bonds. The summed E-state index contributed by atoms with van der Waals surface area (Å²) in [6, 6.07) is 46.6. The standard InChI is InChI=1S/C51H41N7O8/c1-2-57(44-19-15-42(16-20-44)55-56-43-17-21-45(22-18-43)58(62)63)31-32-64-50(61)51(35-54,29-27-48(59)65-46-23-11-40(12-24-46)38-7-3-36(33-52)4-8-38)30-28-49(60)66-47-25-13-41(14-26-47)39-9-5-37(34-53)6-10-39/h3-26H,2,27-32H2,1H3. The Balaban J connectivity index is 1.09. The Morgan fingerprint density at radius 1 is 0.621 bits per heavy atom. The van der Waals surface area contributed by atoms with Crippen LogP contribution in [-0.4, -0.2) is 42.5 Å². The van der Waals surface area contributed by atoms with E-state index in [1.54, 1.807) is 84.9 Å². The number of nitro benzene ring substituents is 1. The van der Waals surface area contributed by atoms with Crippen LogP contribution in [0.3, 0.4) is 0 Å². The van der Waals surface area contributed by atoms with Crippen LogP contribution >= 0.6 is 0 Å². The van der Waals surface area contributed by atoms with Gasteiger partial charge in [-0.2, -0.15) is 26.0 Å². The van der Waals surface area contributed by atoms with Gasteiger partial charge < -0.3 is 19.1 Å². The molecule has 0 heterocycles. The third-order valence-corrected chi connectivity index (χ3v) is 10.5. The minimum absolute atomic E-state index is 0.0522. The molecule has 15 heteroatoms. The molecule has 0 radical (unpaired) electrons. The van der Waals surface area contributed by atoms with Crippen molar-refractivity contribution in [2.24, 2.45) is 15.6 Å². The fourth-order valence-electron chi connectivity index (χ4n) is 6.73. The zero-order valence-corrected chi connectivity index (χ0v) is 35.7. The summed E-state index contributed by atoms with van der Waals surface area (Å²) in [5, 5.41) is 48.0. The van der Waals surface area contributed by atoms with Crippen LogP contribution in [0.4, 0.5) is 22.7 Å². The molecule has 0 aliphatic rings. The summed E-state index contributed by atoms with van der Waals surface area (Å²) in [5.74, 6) is -1.81. The molecule has 328 valence electrons. The molecule has 15 nitrogen and oxygen atoms in total. The van der Waals surface area contributed by atoms with Gasteiger partial charge in [-0.05, 0) is 127 Å². The van der Waals surface area contributed by atoms with E-state index < -0.39 is 28.2 Å². The van der Waals surface area contributed by atoms with Gasteiger partial charge in [0, 0.05) is 37.2 Å². The van der Waals surface area contributed by atoms with E-state index in [-0.39, 0.29) is 56.0 Å². The molecule has 0 fully saturated rings. The molecule has 0 atom stereocenters. The van der Waals surface area contributed by atoms with Gasteiger partial charge in [-0.3, -0.25) is 24.5 Å². The Hall–Kier alpha value is -9.00. The average Bonchev–Trinajstić information content (AvgIpc) is 3.35. The van der Waals surface area contributed by atoms with Crippen molar-refractivity contribution in [1.29, 1.82) is 15.8 Å². The van der Waals surface area contributed by atoms with Crippen molar-refractivity contribution in [3.05, 3.63) is 167 Å². The normalized spacial score (nSPS) is 10.8. The quantitative estimate of drug-likeness (QED) is 0.0244. The lowest BCUT2D eigenvalue weighted by molar-refractivity contribution is -0.384. The molecular formula is C51H41N7O8. The first-order chi connectivity index (χ1) is 32.0. The van der Waals surface area contributed by atoms with Gasteiger partial charge in [-0.25, -0.2) is 0 Å². The van der Waals surface area contributed by atoms with E-state index in [4.69, 9.17) is 24.7 Å². The number of nitro groups is 1. The average molecular weight is 880 g/mol. The van der Waals surface area contributed by atoms with Gasteiger partial charge in [0.1, 0.15) is 18.1 Å². The van der Waals surface area contributed by atoms with Crippen LogP contribution in [0.1, 0.15) is 43.7 Å². The largest absolute Gasteiger partial charge is 0.463 e. The molecule has 6 aromatic rings. The van der Waals surface area contributed by atoms with Crippen LogP contribution in [-0.2, 0) is 19.1 Å². The van der Waals surface area contributed by atoms with Gasteiger partial charge in [-0.15, -0.1) is 0 Å². The first-order valence-electron chi connectivity index (χ1n) is 20.7. The van der Waals surface area contributed by atoms with E-state index in [0.29, 0.717) is 29.0 Å². The Kier molecular flexibility index (Phi) is 15.8. The van der Waals surface area contributed by atoms with Gasteiger partial charge in [0.15, 0.2) is 5.41 Å². The van der Waals surface area contributed by atoms with Crippen molar-refractivity contribution in [2.75, 3.05) is 24.6 Å². The molecule has 0 N–H and O–H groups in total. The van der Waals surface area contributed by atoms with Crippen molar-refractivity contribution in [3.8, 4) is 52.0 Å². The second-order valence-corrected chi connectivity index (χ2v) is 14.8. The van der Waals surface area contributed by atoms with Crippen LogP contribution in [0.2, 0.25) is 0 Å². The summed E-state index contributed by atoms with van der Waals surface area (Å²) < 4.78 is 16.8. The zero-order valence-electron chi connectivity index (χ0n) is 35.7. The van der Waals surface area contributed by atoms with E-state index in [2.05, 4.69) is 22.4 Å². The number of anilines is 1. The van der Waals surface area contributed by atoms with Crippen LogP contribution < -0.4 is 14.4 Å². The monoisotopic (exact) mass is 879 g/mol. The molecule has 0 spiro atoms. The summed E-state index contributed by atoms with van der Waals surface area (Å²) in [4.78, 5) is 52.6. The second-order valence-electron chi connectivity index (χ2n) is 14.8. The third kappa shape index (κ3) is 12.6. The molecule has 0 aliphatic heterocycles. The van der Waals surface area contributed by atoms with Crippen LogP contribution in [0.15, 0.2) is 156 Å². The van der Waals surface area contributed by atoms with E-state index >= 15 is 0 Å². The summed E-state index contributed by atoms with van der Waals surface area (Å²) in [6.45, 7) is 2.57. The Morgan fingerprint density at radius 3 is 1.41 bits per heavy atom. The molecule has 0 saturated carbocycles. The highest BCUT2D eigenvalue weighted by atomic mass is 16.6. The number of esters is 3. The molecule has 6 rings (SSSR count). The number of nitrogens with zero attached hydrogens (tertiary/aromatic N) is 7. The minimum atomic E-state index is -1.91. The molecule has 66 heavy (non-hydrogen) atoms. The number of carbonyl (C=O) groups is 3. The topological polar surface area (TPSA) is 221 Å². The van der Waals surface area contributed by atoms with Gasteiger partial charge in [-0.1, -0.05) is 48.5 Å². The number of carbonyl (C=O) groups excluding carboxylic acids is 3. The van der Waals surface area contributed by atoms with Crippen molar-refractivity contribution in [3.63, 3.8) is 0 Å². The van der Waals surface area contributed by atoms with Crippen molar-refractivity contribution >= 4 is 40.7 Å². The fourth-order valence-corrected chi connectivity index (χ4v) is 6.73. The number of hydrogen-bond donors (Lipinski definition) is 0. The van der Waals surface area contributed by atoms with Gasteiger partial charge in [0.2, 0.25) is 0 Å². The number of likely N-dealkylation sites (N-methyl/N-ethyl adjacent to an activating group) is 1. The van der Waals surface area contributed by atoms with E-state index in [9.17, 15) is 29.8 Å². The highest BCUT2D eigenvalue weighted by Gasteiger charge is 2.41. The smallest absolute Gasteiger partial charge is 0.326 e. The van der Waals surface area contributed by atoms with Crippen LogP contribution in [0.25, 0.3) is 22.3 Å². The third-order valence-electron chi connectivity index (χ3n) is 10.5. The molecule has 0 unspecified atom stereocenters. The summed E-state index contributed by atoms with van der Waals surface area (Å²) in [5.41, 5.74) is 4.26. The van der Waals surface area contributed by atoms with Crippen molar-refractivity contribution in [1.82, 2.24) is 0 Å². The number of ether oxygens (including phenoxy) is 3. The highest BCUT2D eigenvalue weighted by Crippen LogP contribution is 2.33. The van der Waals surface area contributed by atoms with Crippen molar-refractivity contribution in [2.45, 2.75) is 32.6 Å². The Morgan fingerprint density at radius 2 is 1.03 bits per heavy atom. The molecule has 0 aromatic heterocycles. The van der Waals surface area contributed by atoms with E-state index in [1.807, 2.05) is 54.3 Å². The minimum Gasteiger partial charge on any atom is -0.463 e. The first kappa shape index (κ1) is 46.5. The SMILES string of the molecule is CCN(CCOC(=O)C(C#N)(CCC(=O)Oc1ccc(-c2ccc(C#N)cc2)cc1)CCC(=O)Oc1ccc(-c2ccc(C#N)cc2)cc1)c1ccc(N=Nc2ccc([N+](=O)[O-])cc2)cc1. The summed E-state index contributed by atoms with van der Waals surface area (Å²) in [6.07, 6.45) is -1.30. The molecule has 0 bridgehead atoms. The maximum absolute atomic E-state index is 13.9.